The summed E-state index contributed by atoms with van der Waals surface area (Å²) in [4.78, 5) is 32.1. The molecule has 1 heterocycles. The molecule has 2 aromatic rings. The molecule has 0 saturated carbocycles. The van der Waals surface area contributed by atoms with Crippen molar-refractivity contribution in [2.45, 2.75) is 31.6 Å². The van der Waals surface area contributed by atoms with Crippen molar-refractivity contribution in [3.63, 3.8) is 0 Å². The molecule has 2 aromatic carbocycles. The van der Waals surface area contributed by atoms with Gasteiger partial charge in [0.25, 0.3) is 0 Å². The Kier molecular flexibility index (Phi) is 8.02. The number of rotatable bonds is 8. The standard InChI is InChI=1S/C22H24BrN3O5/c1-29-17-9-5-8-16(10-17)11-19(24)21(27)26(13-18-12-20(23)25-31-18)22(28)30-14-15-6-3-2-4-7-15/h2-10,18-19H,11-14,24H2,1H3/t18?,19-/m0/s1. The van der Waals surface area contributed by atoms with E-state index < -0.39 is 24.1 Å². The van der Waals surface area contributed by atoms with Gasteiger partial charge in [-0.1, -0.05) is 47.6 Å². The molecule has 8 nitrogen and oxygen atoms in total. The molecule has 1 aliphatic heterocycles. The number of amides is 2. The molecule has 31 heavy (non-hydrogen) atoms. The summed E-state index contributed by atoms with van der Waals surface area (Å²) in [6, 6.07) is 15.6. The van der Waals surface area contributed by atoms with Crippen LogP contribution in [0.5, 0.6) is 5.75 Å². The van der Waals surface area contributed by atoms with Crippen LogP contribution in [0.3, 0.4) is 0 Å². The highest BCUT2D eigenvalue weighted by molar-refractivity contribution is 9.18. The van der Waals surface area contributed by atoms with Gasteiger partial charge in [-0.2, -0.15) is 0 Å². The number of halogens is 1. The molecule has 0 bridgehead atoms. The Hall–Kier alpha value is -2.91. The van der Waals surface area contributed by atoms with Gasteiger partial charge in [-0.3, -0.25) is 4.79 Å². The molecule has 0 saturated heterocycles. The number of ether oxygens (including phenoxy) is 2. The van der Waals surface area contributed by atoms with Crippen LogP contribution in [0.1, 0.15) is 17.5 Å². The van der Waals surface area contributed by atoms with Crippen molar-refractivity contribution in [3.8, 4) is 5.75 Å². The molecule has 9 heteroatoms. The van der Waals surface area contributed by atoms with Gasteiger partial charge >= 0.3 is 6.09 Å². The Balaban J connectivity index is 1.69. The second kappa shape index (κ2) is 10.9. The van der Waals surface area contributed by atoms with Gasteiger partial charge in [0, 0.05) is 6.42 Å². The van der Waals surface area contributed by atoms with Crippen molar-refractivity contribution in [2.75, 3.05) is 13.7 Å². The van der Waals surface area contributed by atoms with Gasteiger partial charge in [-0.05, 0) is 45.6 Å². The summed E-state index contributed by atoms with van der Waals surface area (Å²) < 4.78 is 11.2. The number of nitrogens with two attached hydrogens (primary N) is 1. The van der Waals surface area contributed by atoms with E-state index in [2.05, 4.69) is 21.1 Å². The highest BCUT2D eigenvalue weighted by Gasteiger charge is 2.33. The largest absolute Gasteiger partial charge is 0.497 e. The number of carbonyl (C=O) groups is 2. The lowest BCUT2D eigenvalue weighted by Crippen LogP contribution is -2.50. The Morgan fingerprint density at radius 1 is 1.23 bits per heavy atom. The first-order chi connectivity index (χ1) is 15.0. The van der Waals surface area contributed by atoms with Crippen LogP contribution in [-0.4, -0.2) is 47.3 Å². The van der Waals surface area contributed by atoms with Crippen LogP contribution in [0.4, 0.5) is 4.79 Å². The summed E-state index contributed by atoms with van der Waals surface area (Å²) in [5.74, 6) is 0.116. The third-order valence-corrected chi connectivity index (χ3v) is 5.15. The van der Waals surface area contributed by atoms with Gasteiger partial charge < -0.3 is 20.0 Å². The van der Waals surface area contributed by atoms with E-state index in [4.69, 9.17) is 20.0 Å². The van der Waals surface area contributed by atoms with E-state index in [1.165, 1.54) is 0 Å². The number of hydrogen-bond acceptors (Lipinski definition) is 7. The van der Waals surface area contributed by atoms with E-state index in [0.29, 0.717) is 16.8 Å². The van der Waals surface area contributed by atoms with Crippen LogP contribution >= 0.6 is 15.9 Å². The predicted molar refractivity (Wildman–Crippen MR) is 119 cm³/mol. The molecule has 2 atom stereocenters. The van der Waals surface area contributed by atoms with Crippen LogP contribution < -0.4 is 10.5 Å². The maximum atomic E-state index is 13.1. The second-order valence-corrected chi connectivity index (χ2v) is 7.97. The van der Waals surface area contributed by atoms with E-state index in [9.17, 15) is 9.59 Å². The molecule has 2 amide bonds. The van der Waals surface area contributed by atoms with Crippen molar-refractivity contribution in [3.05, 3.63) is 65.7 Å². The lowest BCUT2D eigenvalue weighted by Gasteiger charge is -2.25. The summed E-state index contributed by atoms with van der Waals surface area (Å²) in [7, 11) is 1.57. The molecule has 0 fully saturated rings. The topological polar surface area (TPSA) is 103 Å². The Bertz CT molecular complexity index is 938. The van der Waals surface area contributed by atoms with Crippen molar-refractivity contribution >= 4 is 32.6 Å². The zero-order valence-electron chi connectivity index (χ0n) is 17.1. The number of imide groups is 1. The fourth-order valence-corrected chi connectivity index (χ4v) is 3.53. The maximum Gasteiger partial charge on any atom is 0.417 e. The molecule has 0 radical (unpaired) electrons. The zero-order chi connectivity index (χ0) is 22.2. The van der Waals surface area contributed by atoms with E-state index in [0.717, 1.165) is 16.0 Å². The summed E-state index contributed by atoms with van der Waals surface area (Å²) in [5, 5.41) is 3.81. The number of methoxy groups -OCH3 is 1. The second-order valence-electron chi connectivity index (χ2n) is 7.05. The molecule has 1 unspecified atom stereocenters. The lowest BCUT2D eigenvalue weighted by atomic mass is 10.0. The molecular weight excluding hydrogens is 466 g/mol. The highest BCUT2D eigenvalue weighted by atomic mass is 79.9. The highest BCUT2D eigenvalue weighted by Crippen LogP contribution is 2.18. The van der Waals surface area contributed by atoms with Crippen LogP contribution in [0.25, 0.3) is 0 Å². The first-order valence-corrected chi connectivity index (χ1v) is 10.5. The summed E-state index contributed by atoms with van der Waals surface area (Å²) >= 11 is 3.26. The summed E-state index contributed by atoms with van der Waals surface area (Å²) in [6.45, 7) is 0.0250. The molecule has 2 N–H and O–H groups in total. The van der Waals surface area contributed by atoms with Gasteiger partial charge in [0.05, 0.1) is 19.7 Å². The van der Waals surface area contributed by atoms with Crippen LogP contribution in [0, 0.1) is 0 Å². The number of benzene rings is 2. The fraction of sp³-hybridized carbons (Fsp3) is 0.318. The zero-order valence-corrected chi connectivity index (χ0v) is 18.7. The molecule has 0 aromatic heterocycles. The smallest absolute Gasteiger partial charge is 0.417 e. The fourth-order valence-electron chi connectivity index (χ4n) is 3.09. The summed E-state index contributed by atoms with van der Waals surface area (Å²) in [6.07, 6.45) is -0.557. The first-order valence-electron chi connectivity index (χ1n) is 9.75. The Labute approximate surface area is 189 Å². The van der Waals surface area contributed by atoms with Gasteiger partial charge in [-0.15, -0.1) is 0 Å². The molecule has 1 aliphatic rings. The first kappa shape index (κ1) is 22.8. The van der Waals surface area contributed by atoms with Crippen molar-refractivity contribution in [1.29, 1.82) is 0 Å². The Morgan fingerprint density at radius 2 is 1.97 bits per heavy atom. The van der Waals surface area contributed by atoms with Gasteiger partial charge in [0.2, 0.25) is 5.91 Å². The van der Waals surface area contributed by atoms with Crippen LogP contribution in [0.2, 0.25) is 0 Å². The molecular formula is C22H24BrN3O5. The molecule has 3 rings (SSSR count). The van der Waals surface area contributed by atoms with Gasteiger partial charge in [-0.25, -0.2) is 9.69 Å². The number of hydrogen-bond donors (Lipinski definition) is 1. The SMILES string of the molecule is COc1cccc(C[C@H](N)C(=O)N(CC2CC(Br)=NO2)C(=O)OCc2ccccc2)c1. The quantitative estimate of drug-likeness (QED) is 0.610. The van der Waals surface area contributed by atoms with Crippen molar-refractivity contribution in [2.24, 2.45) is 10.9 Å². The molecule has 164 valence electrons. The molecule has 0 spiro atoms. The van der Waals surface area contributed by atoms with E-state index in [1.807, 2.05) is 42.5 Å². The summed E-state index contributed by atoms with van der Waals surface area (Å²) in [5.41, 5.74) is 7.80. The number of oxime groups is 1. The number of nitrogens with zero attached hydrogens (tertiary/aromatic N) is 2. The predicted octanol–water partition coefficient (Wildman–Crippen LogP) is 3.23. The lowest BCUT2D eigenvalue weighted by molar-refractivity contribution is -0.132. The average Bonchev–Trinajstić information content (AvgIpc) is 3.20. The van der Waals surface area contributed by atoms with Crippen molar-refractivity contribution < 1.29 is 23.9 Å². The monoisotopic (exact) mass is 489 g/mol. The minimum absolute atomic E-state index is 0.0170. The van der Waals surface area contributed by atoms with E-state index in [1.54, 1.807) is 19.2 Å². The van der Waals surface area contributed by atoms with Gasteiger partial charge in [0.1, 0.15) is 17.0 Å². The Morgan fingerprint density at radius 3 is 2.65 bits per heavy atom. The average molecular weight is 490 g/mol. The van der Waals surface area contributed by atoms with E-state index >= 15 is 0 Å². The third kappa shape index (κ3) is 6.53. The third-order valence-electron chi connectivity index (χ3n) is 4.68. The molecule has 0 aliphatic carbocycles. The van der Waals surface area contributed by atoms with Crippen LogP contribution in [-0.2, 0) is 27.4 Å². The maximum absolute atomic E-state index is 13.1. The number of carbonyl (C=O) groups excluding carboxylic acids is 2. The normalized spacial score (nSPS) is 16.1. The van der Waals surface area contributed by atoms with Crippen LogP contribution in [0.15, 0.2) is 59.8 Å². The minimum atomic E-state index is -0.942. The minimum Gasteiger partial charge on any atom is -0.497 e. The van der Waals surface area contributed by atoms with E-state index in [-0.39, 0.29) is 19.6 Å². The van der Waals surface area contributed by atoms with Crippen molar-refractivity contribution in [1.82, 2.24) is 4.90 Å². The van der Waals surface area contributed by atoms with Gasteiger partial charge in [0.15, 0.2) is 6.10 Å².